The number of nitrogens with zero attached hydrogens (tertiary/aromatic N) is 2. The number of hydrogen-bond donors (Lipinski definition) is 0. The summed E-state index contributed by atoms with van der Waals surface area (Å²) in [6, 6.07) is 13.6. The summed E-state index contributed by atoms with van der Waals surface area (Å²) in [6.45, 7) is 0. The van der Waals surface area contributed by atoms with Crippen molar-refractivity contribution in [1.82, 2.24) is 4.98 Å². The van der Waals surface area contributed by atoms with Gasteiger partial charge in [-0.2, -0.15) is 0 Å². The molecule has 0 fully saturated rings. The van der Waals surface area contributed by atoms with Crippen LogP contribution < -0.4 is 0 Å². The number of hydrogen-bond acceptors (Lipinski definition) is 5. The average molecular weight is 417 g/mol. The number of benzene rings is 2. The third kappa shape index (κ3) is 3.60. The van der Waals surface area contributed by atoms with Gasteiger partial charge in [-0.3, -0.25) is 10.1 Å². The average Bonchev–Trinajstić information content (AvgIpc) is 3.27. The SMILES string of the molecule is O=[N+]([O-])c1ccc2sc(C=Cc3ccc(-c4cccc(Cl)c4Cl)o3)nc2c1. The van der Waals surface area contributed by atoms with E-state index in [0.29, 0.717) is 27.1 Å². The first-order valence-corrected chi connectivity index (χ1v) is 9.36. The fourth-order valence-electron chi connectivity index (χ4n) is 2.55. The van der Waals surface area contributed by atoms with Gasteiger partial charge in [0.25, 0.3) is 5.69 Å². The van der Waals surface area contributed by atoms with E-state index >= 15 is 0 Å². The number of non-ortho nitro benzene ring substituents is 1. The molecule has 0 saturated carbocycles. The van der Waals surface area contributed by atoms with Crippen molar-refractivity contribution in [3.8, 4) is 11.3 Å². The van der Waals surface area contributed by atoms with Crippen LogP contribution in [0.5, 0.6) is 0 Å². The molecule has 0 radical (unpaired) electrons. The Balaban J connectivity index is 1.60. The summed E-state index contributed by atoms with van der Waals surface area (Å²) in [5.74, 6) is 1.24. The molecule has 0 atom stereocenters. The van der Waals surface area contributed by atoms with Crippen molar-refractivity contribution < 1.29 is 9.34 Å². The number of nitro groups is 1. The van der Waals surface area contributed by atoms with Crippen LogP contribution in [0.1, 0.15) is 10.8 Å². The van der Waals surface area contributed by atoms with Crippen LogP contribution in [0.3, 0.4) is 0 Å². The van der Waals surface area contributed by atoms with Gasteiger partial charge in [-0.25, -0.2) is 4.98 Å². The molecule has 0 aliphatic rings. The van der Waals surface area contributed by atoms with E-state index in [9.17, 15) is 10.1 Å². The van der Waals surface area contributed by atoms with Gasteiger partial charge >= 0.3 is 0 Å². The zero-order valence-electron chi connectivity index (χ0n) is 13.6. The topological polar surface area (TPSA) is 69.2 Å². The van der Waals surface area contributed by atoms with Gasteiger partial charge in [0.05, 0.1) is 25.2 Å². The van der Waals surface area contributed by atoms with Crippen LogP contribution in [0.15, 0.2) is 52.9 Å². The predicted molar refractivity (Wildman–Crippen MR) is 109 cm³/mol. The summed E-state index contributed by atoms with van der Waals surface area (Å²) in [5.41, 5.74) is 1.34. The Morgan fingerprint density at radius 3 is 2.78 bits per heavy atom. The quantitative estimate of drug-likeness (QED) is 0.266. The Morgan fingerprint density at radius 2 is 1.96 bits per heavy atom. The van der Waals surface area contributed by atoms with Crippen molar-refractivity contribution in [2.75, 3.05) is 0 Å². The van der Waals surface area contributed by atoms with Crippen LogP contribution in [0.4, 0.5) is 5.69 Å². The molecular formula is C19H10Cl2N2O3S. The number of thiazole rings is 1. The number of rotatable bonds is 4. The summed E-state index contributed by atoms with van der Waals surface area (Å²) in [6.07, 6.45) is 3.59. The fourth-order valence-corrected chi connectivity index (χ4v) is 3.80. The minimum absolute atomic E-state index is 0.0254. The molecular weight excluding hydrogens is 407 g/mol. The van der Waals surface area contributed by atoms with Crippen LogP contribution in [-0.4, -0.2) is 9.91 Å². The maximum atomic E-state index is 10.9. The summed E-state index contributed by atoms with van der Waals surface area (Å²) in [7, 11) is 0. The minimum Gasteiger partial charge on any atom is -0.457 e. The molecule has 0 unspecified atom stereocenters. The molecule has 2 aromatic carbocycles. The van der Waals surface area contributed by atoms with Gasteiger partial charge in [0.2, 0.25) is 0 Å². The number of halogens is 2. The highest BCUT2D eigenvalue weighted by Crippen LogP contribution is 2.34. The second-order valence-electron chi connectivity index (χ2n) is 5.60. The van der Waals surface area contributed by atoms with E-state index in [1.807, 2.05) is 24.3 Å². The lowest BCUT2D eigenvalue weighted by Crippen LogP contribution is -1.86. The molecule has 0 amide bonds. The molecule has 0 saturated heterocycles. The molecule has 2 aromatic heterocycles. The van der Waals surface area contributed by atoms with E-state index in [1.165, 1.54) is 23.5 Å². The zero-order valence-corrected chi connectivity index (χ0v) is 15.9. The number of furan rings is 1. The van der Waals surface area contributed by atoms with E-state index in [1.54, 1.807) is 24.3 Å². The normalized spacial score (nSPS) is 11.5. The Morgan fingerprint density at radius 1 is 1.11 bits per heavy atom. The molecule has 2 heterocycles. The standard InChI is InChI=1S/C19H10Cl2N2O3S/c20-14-3-1-2-13(19(14)21)16-7-5-12(26-16)6-9-18-22-15-10-11(23(24)25)4-8-17(15)27-18/h1-10H. The van der Waals surface area contributed by atoms with Crippen LogP contribution >= 0.6 is 34.5 Å². The van der Waals surface area contributed by atoms with Crippen molar-refractivity contribution in [3.63, 3.8) is 0 Å². The summed E-state index contributed by atoms with van der Waals surface area (Å²) >= 11 is 13.7. The van der Waals surface area contributed by atoms with Gasteiger partial charge < -0.3 is 4.42 Å². The maximum absolute atomic E-state index is 10.9. The first-order valence-electron chi connectivity index (χ1n) is 7.78. The van der Waals surface area contributed by atoms with Gasteiger partial charge in [-0.15, -0.1) is 11.3 Å². The molecule has 0 aliphatic carbocycles. The smallest absolute Gasteiger partial charge is 0.271 e. The van der Waals surface area contributed by atoms with E-state index in [2.05, 4.69) is 4.98 Å². The van der Waals surface area contributed by atoms with E-state index < -0.39 is 4.92 Å². The fraction of sp³-hybridized carbons (Fsp3) is 0. The Hall–Kier alpha value is -2.67. The number of aromatic nitrogens is 1. The third-order valence-electron chi connectivity index (χ3n) is 3.83. The highest BCUT2D eigenvalue weighted by atomic mass is 35.5. The Kier molecular flexibility index (Phi) is 4.70. The summed E-state index contributed by atoms with van der Waals surface area (Å²) < 4.78 is 6.69. The molecule has 0 spiro atoms. The molecule has 134 valence electrons. The lowest BCUT2D eigenvalue weighted by molar-refractivity contribution is -0.384. The van der Waals surface area contributed by atoms with E-state index in [0.717, 1.165) is 15.3 Å². The summed E-state index contributed by atoms with van der Waals surface area (Å²) in [4.78, 5) is 14.8. The minimum atomic E-state index is -0.431. The van der Waals surface area contributed by atoms with Crippen LogP contribution in [0, 0.1) is 10.1 Å². The highest BCUT2D eigenvalue weighted by molar-refractivity contribution is 7.19. The lowest BCUT2D eigenvalue weighted by atomic mass is 10.2. The maximum Gasteiger partial charge on any atom is 0.271 e. The number of fused-ring (bicyclic) bond motifs is 1. The van der Waals surface area contributed by atoms with Gasteiger partial charge in [-0.05, 0) is 42.5 Å². The molecule has 0 aliphatic heterocycles. The predicted octanol–water partition coefficient (Wildman–Crippen LogP) is 6.94. The number of nitro benzene ring substituents is 1. The molecule has 4 aromatic rings. The van der Waals surface area contributed by atoms with Gasteiger partial charge in [-0.1, -0.05) is 29.3 Å². The van der Waals surface area contributed by atoms with Crippen molar-refractivity contribution in [1.29, 1.82) is 0 Å². The van der Waals surface area contributed by atoms with Crippen LogP contribution in [-0.2, 0) is 0 Å². The Bertz CT molecular complexity index is 1200. The van der Waals surface area contributed by atoms with E-state index in [-0.39, 0.29) is 5.69 Å². The second kappa shape index (κ2) is 7.15. The lowest BCUT2D eigenvalue weighted by Gasteiger charge is -2.01. The monoisotopic (exact) mass is 416 g/mol. The molecule has 0 N–H and O–H groups in total. The van der Waals surface area contributed by atoms with Crippen molar-refractivity contribution in [2.24, 2.45) is 0 Å². The molecule has 8 heteroatoms. The second-order valence-corrected chi connectivity index (χ2v) is 7.45. The van der Waals surface area contributed by atoms with Crippen molar-refractivity contribution in [2.45, 2.75) is 0 Å². The Labute approximate surface area is 167 Å². The van der Waals surface area contributed by atoms with Crippen molar-refractivity contribution >= 4 is 62.6 Å². The molecule has 5 nitrogen and oxygen atoms in total. The highest BCUT2D eigenvalue weighted by Gasteiger charge is 2.11. The molecule has 4 rings (SSSR count). The first kappa shape index (κ1) is 17.7. The largest absolute Gasteiger partial charge is 0.457 e. The van der Waals surface area contributed by atoms with Gasteiger partial charge in [0.15, 0.2) is 0 Å². The van der Waals surface area contributed by atoms with Crippen LogP contribution in [0.2, 0.25) is 10.0 Å². The van der Waals surface area contributed by atoms with Gasteiger partial charge in [0.1, 0.15) is 16.5 Å². The zero-order chi connectivity index (χ0) is 19.0. The molecule has 0 bridgehead atoms. The third-order valence-corrected chi connectivity index (χ3v) is 5.65. The van der Waals surface area contributed by atoms with E-state index in [4.69, 9.17) is 27.6 Å². The van der Waals surface area contributed by atoms with Gasteiger partial charge in [0, 0.05) is 17.7 Å². The van der Waals surface area contributed by atoms with Crippen LogP contribution in [0.25, 0.3) is 33.7 Å². The molecule has 27 heavy (non-hydrogen) atoms. The summed E-state index contributed by atoms with van der Waals surface area (Å²) in [5, 5.41) is 12.5. The first-order chi connectivity index (χ1) is 13.0. The van der Waals surface area contributed by atoms with Crippen molar-refractivity contribution in [3.05, 3.63) is 79.5 Å².